The van der Waals surface area contributed by atoms with Crippen LogP contribution in [-0.2, 0) is 4.79 Å². The maximum absolute atomic E-state index is 12.1. The molecule has 2 rings (SSSR count). The predicted molar refractivity (Wildman–Crippen MR) is 96.1 cm³/mol. The molecule has 0 aliphatic heterocycles. The first-order valence-corrected chi connectivity index (χ1v) is 8.28. The first-order chi connectivity index (χ1) is 12.1. The van der Waals surface area contributed by atoms with E-state index in [1.807, 2.05) is 37.3 Å². The van der Waals surface area contributed by atoms with Crippen molar-refractivity contribution in [1.82, 2.24) is 4.90 Å². The summed E-state index contributed by atoms with van der Waals surface area (Å²) >= 11 is 0. The Hall–Kier alpha value is -2.82. The van der Waals surface area contributed by atoms with Crippen molar-refractivity contribution >= 4 is 11.7 Å². The number of ether oxygens (including phenoxy) is 2. The van der Waals surface area contributed by atoms with Gasteiger partial charge in [-0.2, -0.15) is 0 Å². The molecule has 132 valence electrons. The molecule has 0 aromatic heterocycles. The molecule has 0 spiro atoms. The number of rotatable bonds is 9. The normalized spacial score (nSPS) is 10.2. The van der Waals surface area contributed by atoms with Crippen LogP contribution >= 0.6 is 0 Å². The van der Waals surface area contributed by atoms with Crippen LogP contribution in [0.2, 0.25) is 0 Å². The Morgan fingerprint density at radius 3 is 2.20 bits per heavy atom. The minimum atomic E-state index is -0.134. The van der Waals surface area contributed by atoms with Gasteiger partial charge >= 0.3 is 0 Å². The molecule has 0 aliphatic carbocycles. The van der Waals surface area contributed by atoms with E-state index in [1.54, 1.807) is 36.2 Å². The Morgan fingerprint density at radius 1 is 0.920 bits per heavy atom. The molecule has 0 saturated heterocycles. The van der Waals surface area contributed by atoms with Gasteiger partial charge < -0.3 is 14.4 Å². The van der Waals surface area contributed by atoms with Crippen molar-refractivity contribution in [2.75, 3.05) is 26.8 Å². The van der Waals surface area contributed by atoms with E-state index < -0.39 is 0 Å². The van der Waals surface area contributed by atoms with E-state index in [0.29, 0.717) is 30.9 Å². The van der Waals surface area contributed by atoms with Crippen LogP contribution in [0.15, 0.2) is 54.6 Å². The molecule has 0 bridgehead atoms. The van der Waals surface area contributed by atoms with Crippen LogP contribution in [0.4, 0.5) is 0 Å². The lowest BCUT2D eigenvalue weighted by molar-refractivity contribution is -0.132. The van der Waals surface area contributed by atoms with Gasteiger partial charge in [0.1, 0.15) is 18.1 Å². The Bertz CT molecular complexity index is 683. The highest BCUT2D eigenvalue weighted by atomic mass is 16.5. The number of carbonyl (C=O) groups is 2. The third-order valence-corrected chi connectivity index (χ3v) is 3.72. The van der Waals surface area contributed by atoms with Crippen LogP contribution in [0, 0.1) is 0 Å². The largest absolute Gasteiger partial charge is 0.492 e. The maximum atomic E-state index is 12.1. The van der Waals surface area contributed by atoms with E-state index in [-0.39, 0.29) is 18.3 Å². The van der Waals surface area contributed by atoms with E-state index >= 15 is 0 Å². The lowest BCUT2D eigenvalue weighted by atomic mass is 10.1. The second kappa shape index (κ2) is 9.47. The number of para-hydroxylation sites is 1. The fourth-order valence-corrected chi connectivity index (χ4v) is 2.14. The highest BCUT2D eigenvalue weighted by Crippen LogP contribution is 2.13. The number of hydrogen-bond donors (Lipinski definition) is 0. The SMILES string of the molecule is CCC(=O)c1ccc(OCC(=O)N(C)CCOc2ccccc2)cc1. The van der Waals surface area contributed by atoms with Crippen molar-refractivity contribution in [2.45, 2.75) is 13.3 Å². The Labute approximate surface area is 148 Å². The van der Waals surface area contributed by atoms with Gasteiger partial charge in [-0.15, -0.1) is 0 Å². The van der Waals surface area contributed by atoms with Crippen molar-refractivity contribution in [2.24, 2.45) is 0 Å². The van der Waals surface area contributed by atoms with Gasteiger partial charge in [-0.25, -0.2) is 0 Å². The number of likely N-dealkylation sites (N-methyl/N-ethyl adjacent to an activating group) is 1. The monoisotopic (exact) mass is 341 g/mol. The van der Waals surface area contributed by atoms with Gasteiger partial charge in [-0.3, -0.25) is 9.59 Å². The molecule has 25 heavy (non-hydrogen) atoms. The van der Waals surface area contributed by atoms with Gasteiger partial charge in [0.2, 0.25) is 0 Å². The third-order valence-electron chi connectivity index (χ3n) is 3.72. The molecule has 0 N–H and O–H groups in total. The molecule has 0 aliphatic rings. The van der Waals surface area contributed by atoms with E-state index in [1.165, 1.54) is 0 Å². The molecular weight excluding hydrogens is 318 g/mol. The number of nitrogens with zero attached hydrogens (tertiary/aromatic N) is 1. The lowest BCUT2D eigenvalue weighted by Gasteiger charge is -2.17. The van der Waals surface area contributed by atoms with Crippen molar-refractivity contribution in [3.8, 4) is 11.5 Å². The quantitative estimate of drug-likeness (QED) is 0.657. The summed E-state index contributed by atoms with van der Waals surface area (Å²) in [6, 6.07) is 16.3. The molecule has 0 fully saturated rings. The number of Topliss-reactive ketones (excluding diaryl/α,β-unsaturated/α-hetero) is 1. The molecule has 5 heteroatoms. The van der Waals surface area contributed by atoms with Crippen LogP contribution in [0.25, 0.3) is 0 Å². The standard InChI is InChI=1S/C20H23NO4/c1-3-19(22)16-9-11-18(12-10-16)25-15-20(23)21(2)13-14-24-17-7-5-4-6-8-17/h4-12H,3,13-15H2,1-2H3. The predicted octanol–water partition coefficient (Wildman–Crippen LogP) is 3.20. The van der Waals surface area contributed by atoms with Crippen LogP contribution in [0.3, 0.4) is 0 Å². The number of ketones is 1. The zero-order valence-corrected chi connectivity index (χ0v) is 14.6. The van der Waals surface area contributed by atoms with Crippen molar-refractivity contribution in [3.05, 3.63) is 60.2 Å². The van der Waals surface area contributed by atoms with Crippen LogP contribution < -0.4 is 9.47 Å². The van der Waals surface area contributed by atoms with Crippen LogP contribution in [0.5, 0.6) is 11.5 Å². The van der Waals surface area contributed by atoms with Gasteiger partial charge in [0.25, 0.3) is 5.91 Å². The molecule has 5 nitrogen and oxygen atoms in total. The van der Waals surface area contributed by atoms with Crippen molar-refractivity contribution < 1.29 is 19.1 Å². The molecule has 0 unspecified atom stereocenters. The van der Waals surface area contributed by atoms with E-state index in [4.69, 9.17) is 9.47 Å². The highest BCUT2D eigenvalue weighted by molar-refractivity contribution is 5.95. The van der Waals surface area contributed by atoms with Crippen molar-refractivity contribution in [3.63, 3.8) is 0 Å². The van der Waals surface area contributed by atoms with Gasteiger partial charge in [0.15, 0.2) is 12.4 Å². The molecule has 0 radical (unpaired) electrons. The number of hydrogen-bond acceptors (Lipinski definition) is 4. The summed E-state index contributed by atoms with van der Waals surface area (Å²) in [6.45, 7) is 2.66. The number of amides is 1. The third kappa shape index (κ3) is 5.95. The first kappa shape index (κ1) is 18.5. The van der Waals surface area contributed by atoms with E-state index in [0.717, 1.165) is 5.75 Å². The van der Waals surface area contributed by atoms with Gasteiger partial charge in [-0.1, -0.05) is 25.1 Å². The summed E-state index contributed by atoms with van der Waals surface area (Å²) in [5.41, 5.74) is 0.649. The average Bonchev–Trinajstić information content (AvgIpc) is 2.66. The fraction of sp³-hybridized carbons (Fsp3) is 0.300. The maximum Gasteiger partial charge on any atom is 0.260 e. The molecule has 1 amide bonds. The zero-order valence-electron chi connectivity index (χ0n) is 14.6. The minimum absolute atomic E-state index is 0.0527. The summed E-state index contributed by atoms with van der Waals surface area (Å²) in [7, 11) is 1.71. The number of benzene rings is 2. The topological polar surface area (TPSA) is 55.8 Å². The highest BCUT2D eigenvalue weighted by Gasteiger charge is 2.10. The lowest BCUT2D eigenvalue weighted by Crippen LogP contribution is -2.34. The van der Waals surface area contributed by atoms with Gasteiger partial charge in [0, 0.05) is 19.0 Å². The first-order valence-electron chi connectivity index (χ1n) is 8.28. The Balaban J connectivity index is 1.72. The van der Waals surface area contributed by atoms with Gasteiger partial charge in [0.05, 0.1) is 6.54 Å². The molecule has 2 aromatic rings. The summed E-state index contributed by atoms with van der Waals surface area (Å²) in [5.74, 6) is 1.29. The number of carbonyl (C=O) groups excluding carboxylic acids is 2. The molecule has 2 aromatic carbocycles. The second-order valence-electron chi connectivity index (χ2n) is 5.57. The second-order valence-corrected chi connectivity index (χ2v) is 5.57. The smallest absolute Gasteiger partial charge is 0.260 e. The van der Waals surface area contributed by atoms with Crippen LogP contribution in [0.1, 0.15) is 23.7 Å². The summed E-state index contributed by atoms with van der Waals surface area (Å²) in [6.07, 6.45) is 0.467. The fourth-order valence-electron chi connectivity index (χ4n) is 2.14. The van der Waals surface area contributed by atoms with E-state index in [2.05, 4.69) is 0 Å². The molecule has 0 saturated carbocycles. The average molecular weight is 341 g/mol. The summed E-state index contributed by atoms with van der Waals surface area (Å²) in [5, 5.41) is 0. The molecular formula is C20H23NO4. The summed E-state index contributed by atoms with van der Waals surface area (Å²) < 4.78 is 11.0. The summed E-state index contributed by atoms with van der Waals surface area (Å²) in [4.78, 5) is 25.2. The van der Waals surface area contributed by atoms with Gasteiger partial charge in [-0.05, 0) is 36.4 Å². The van der Waals surface area contributed by atoms with E-state index in [9.17, 15) is 9.59 Å². The molecule has 0 heterocycles. The Kier molecular flexibility index (Phi) is 7.01. The van der Waals surface area contributed by atoms with Crippen molar-refractivity contribution in [1.29, 1.82) is 0 Å². The molecule has 0 atom stereocenters. The zero-order chi connectivity index (χ0) is 18.1. The van der Waals surface area contributed by atoms with Crippen LogP contribution in [-0.4, -0.2) is 43.4 Å². The Morgan fingerprint density at radius 2 is 1.56 bits per heavy atom. The minimum Gasteiger partial charge on any atom is -0.492 e.